The van der Waals surface area contributed by atoms with Crippen molar-refractivity contribution in [1.29, 1.82) is 0 Å². The Morgan fingerprint density at radius 2 is 1.96 bits per heavy atom. The molecule has 0 spiro atoms. The van der Waals surface area contributed by atoms with Gasteiger partial charge >= 0.3 is 0 Å². The van der Waals surface area contributed by atoms with Gasteiger partial charge in [-0.2, -0.15) is 0 Å². The second-order valence-electron chi connectivity index (χ2n) is 5.47. The average Bonchev–Trinajstić information content (AvgIpc) is 2.99. The van der Waals surface area contributed by atoms with Crippen molar-refractivity contribution in [3.63, 3.8) is 0 Å². The predicted molar refractivity (Wildman–Crippen MR) is 92.0 cm³/mol. The zero-order chi connectivity index (χ0) is 17.1. The summed E-state index contributed by atoms with van der Waals surface area (Å²) in [7, 11) is 1.68. The van der Waals surface area contributed by atoms with E-state index in [1.54, 1.807) is 37.4 Å². The lowest BCUT2D eigenvalue weighted by molar-refractivity contribution is -0.115. The highest BCUT2D eigenvalue weighted by molar-refractivity contribution is 6.06. The van der Waals surface area contributed by atoms with Crippen LogP contribution in [-0.2, 0) is 4.79 Å². The predicted octanol–water partition coefficient (Wildman–Crippen LogP) is 2.09. The molecule has 0 bridgehead atoms. The molecule has 0 aromatic heterocycles. The molecule has 6 nitrogen and oxygen atoms in total. The third-order valence-electron chi connectivity index (χ3n) is 3.71. The third kappa shape index (κ3) is 3.38. The summed E-state index contributed by atoms with van der Waals surface area (Å²) >= 11 is 0. The van der Waals surface area contributed by atoms with Crippen LogP contribution in [0, 0.1) is 0 Å². The van der Waals surface area contributed by atoms with Crippen molar-refractivity contribution in [2.45, 2.75) is 0 Å². The standard InChI is InChI=1S/C18H17N3O3/c1-21(15-5-7-16(22)8-6-15)18(24)12-3-2-4-13(9-12)20-14-10-17(23)19-11-14/h2-10,20,22H,11H2,1H3,(H,19,23). The van der Waals surface area contributed by atoms with Crippen molar-refractivity contribution in [3.05, 3.63) is 65.9 Å². The first-order valence-corrected chi connectivity index (χ1v) is 7.45. The van der Waals surface area contributed by atoms with Gasteiger partial charge in [-0.1, -0.05) is 6.07 Å². The average molecular weight is 323 g/mol. The Balaban J connectivity index is 1.77. The third-order valence-corrected chi connectivity index (χ3v) is 3.71. The van der Waals surface area contributed by atoms with E-state index in [0.717, 1.165) is 11.4 Å². The molecule has 0 saturated heterocycles. The molecular formula is C18H17N3O3. The van der Waals surface area contributed by atoms with Gasteiger partial charge in [-0.25, -0.2) is 0 Å². The van der Waals surface area contributed by atoms with Crippen molar-refractivity contribution in [3.8, 4) is 5.75 Å². The molecule has 0 fully saturated rings. The molecule has 0 atom stereocenters. The quantitative estimate of drug-likeness (QED) is 0.805. The van der Waals surface area contributed by atoms with Gasteiger partial charge in [0, 0.05) is 35.8 Å². The van der Waals surface area contributed by atoms with Gasteiger partial charge in [0.25, 0.3) is 5.91 Å². The lowest BCUT2D eigenvalue weighted by Gasteiger charge is -2.18. The maximum absolute atomic E-state index is 12.6. The number of rotatable bonds is 4. The molecule has 24 heavy (non-hydrogen) atoms. The van der Waals surface area contributed by atoms with Gasteiger partial charge in [0.1, 0.15) is 5.75 Å². The fourth-order valence-electron chi connectivity index (χ4n) is 2.43. The molecule has 0 saturated carbocycles. The number of carbonyl (C=O) groups excluding carboxylic acids is 2. The number of benzene rings is 2. The Bertz CT molecular complexity index is 813. The van der Waals surface area contributed by atoms with E-state index in [2.05, 4.69) is 10.6 Å². The number of aromatic hydroxyl groups is 1. The highest BCUT2D eigenvalue weighted by Gasteiger charge is 2.15. The monoisotopic (exact) mass is 323 g/mol. The molecule has 2 aromatic carbocycles. The number of hydrogen-bond acceptors (Lipinski definition) is 4. The molecule has 122 valence electrons. The summed E-state index contributed by atoms with van der Waals surface area (Å²) in [6, 6.07) is 13.5. The van der Waals surface area contributed by atoms with Gasteiger partial charge < -0.3 is 20.6 Å². The smallest absolute Gasteiger partial charge is 0.258 e. The van der Waals surface area contributed by atoms with E-state index in [1.165, 1.54) is 23.1 Å². The maximum atomic E-state index is 12.6. The molecule has 3 N–H and O–H groups in total. The summed E-state index contributed by atoms with van der Waals surface area (Å²) in [5.74, 6) is -0.144. The van der Waals surface area contributed by atoms with Crippen molar-refractivity contribution in [2.24, 2.45) is 0 Å². The highest BCUT2D eigenvalue weighted by atomic mass is 16.3. The van der Waals surface area contributed by atoms with Gasteiger partial charge in [-0.15, -0.1) is 0 Å². The van der Waals surface area contributed by atoms with Gasteiger partial charge in [0.2, 0.25) is 5.91 Å². The summed E-state index contributed by atoms with van der Waals surface area (Å²) in [4.78, 5) is 25.3. The number of phenols is 1. The number of hydrogen-bond donors (Lipinski definition) is 3. The van der Waals surface area contributed by atoms with Gasteiger partial charge in [0.05, 0.1) is 6.54 Å². The highest BCUT2D eigenvalue weighted by Crippen LogP contribution is 2.21. The topological polar surface area (TPSA) is 81.7 Å². The molecule has 0 aliphatic carbocycles. The fraction of sp³-hybridized carbons (Fsp3) is 0.111. The van der Waals surface area contributed by atoms with Crippen LogP contribution in [0.5, 0.6) is 5.75 Å². The Labute approximate surface area is 139 Å². The van der Waals surface area contributed by atoms with E-state index in [0.29, 0.717) is 17.8 Å². The van der Waals surface area contributed by atoms with Crippen molar-refractivity contribution in [1.82, 2.24) is 5.32 Å². The minimum absolute atomic E-state index is 0.128. The molecule has 6 heteroatoms. The molecule has 3 rings (SSSR count). The molecule has 0 radical (unpaired) electrons. The summed E-state index contributed by atoms with van der Waals surface area (Å²) in [5.41, 5.74) is 2.71. The minimum Gasteiger partial charge on any atom is -0.508 e. The summed E-state index contributed by atoms with van der Waals surface area (Å²) in [5, 5.41) is 15.1. The van der Waals surface area contributed by atoms with Crippen LogP contribution in [0.2, 0.25) is 0 Å². The number of anilines is 2. The summed E-state index contributed by atoms with van der Waals surface area (Å²) in [6.45, 7) is 0.449. The summed E-state index contributed by atoms with van der Waals surface area (Å²) in [6.07, 6.45) is 1.50. The van der Waals surface area contributed by atoms with Crippen LogP contribution in [0.1, 0.15) is 10.4 Å². The number of nitrogens with zero attached hydrogens (tertiary/aromatic N) is 1. The van der Waals surface area contributed by atoms with E-state index in [9.17, 15) is 14.7 Å². The number of phenolic OH excluding ortho intramolecular Hbond substituents is 1. The van der Waals surface area contributed by atoms with E-state index in [1.807, 2.05) is 6.07 Å². The Kier molecular flexibility index (Phi) is 4.20. The van der Waals surface area contributed by atoms with Crippen LogP contribution in [0.25, 0.3) is 0 Å². The van der Waals surface area contributed by atoms with E-state index in [4.69, 9.17) is 0 Å². The van der Waals surface area contributed by atoms with Crippen LogP contribution in [0.3, 0.4) is 0 Å². The van der Waals surface area contributed by atoms with Gasteiger partial charge in [-0.05, 0) is 42.5 Å². The molecular weight excluding hydrogens is 306 g/mol. The molecule has 1 heterocycles. The Morgan fingerprint density at radius 3 is 2.62 bits per heavy atom. The van der Waals surface area contributed by atoms with Crippen LogP contribution >= 0.6 is 0 Å². The normalized spacial score (nSPS) is 13.2. The van der Waals surface area contributed by atoms with Crippen molar-refractivity contribution < 1.29 is 14.7 Å². The zero-order valence-corrected chi connectivity index (χ0v) is 13.1. The second kappa shape index (κ2) is 6.45. The minimum atomic E-state index is -0.168. The van der Waals surface area contributed by atoms with Crippen LogP contribution < -0.4 is 15.5 Å². The van der Waals surface area contributed by atoms with E-state index in [-0.39, 0.29) is 17.6 Å². The molecule has 2 amide bonds. The second-order valence-corrected chi connectivity index (χ2v) is 5.47. The van der Waals surface area contributed by atoms with Crippen LogP contribution in [0.4, 0.5) is 11.4 Å². The first-order chi connectivity index (χ1) is 11.5. The SMILES string of the molecule is CN(C(=O)c1cccc(NC2=CC(=O)NC2)c1)c1ccc(O)cc1. The lowest BCUT2D eigenvalue weighted by Crippen LogP contribution is -2.26. The number of carbonyl (C=O) groups is 2. The van der Waals surface area contributed by atoms with Crippen LogP contribution in [-0.4, -0.2) is 30.5 Å². The zero-order valence-electron chi connectivity index (χ0n) is 13.1. The fourth-order valence-corrected chi connectivity index (χ4v) is 2.43. The van der Waals surface area contributed by atoms with Crippen LogP contribution in [0.15, 0.2) is 60.3 Å². The Morgan fingerprint density at radius 1 is 1.21 bits per heavy atom. The van der Waals surface area contributed by atoms with Gasteiger partial charge in [-0.3, -0.25) is 9.59 Å². The number of nitrogens with one attached hydrogen (secondary N) is 2. The van der Waals surface area contributed by atoms with Gasteiger partial charge in [0.15, 0.2) is 0 Å². The largest absolute Gasteiger partial charge is 0.508 e. The first kappa shape index (κ1) is 15.6. The molecule has 0 unspecified atom stereocenters. The molecule has 1 aliphatic rings. The summed E-state index contributed by atoms with van der Waals surface area (Å²) < 4.78 is 0. The molecule has 2 aromatic rings. The van der Waals surface area contributed by atoms with E-state index < -0.39 is 0 Å². The number of amides is 2. The Hall–Kier alpha value is -3.28. The lowest BCUT2D eigenvalue weighted by atomic mass is 10.1. The van der Waals surface area contributed by atoms with Crippen molar-refractivity contribution >= 4 is 23.2 Å². The maximum Gasteiger partial charge on any atom is 0.258 e. The van der Waals surface area contributed by atoms with E-state index >= 15 is 0 Å². The first-order valence-electron chi connectivity index (χ1n) is 7.45. The molecule has 1 aliphatic heterocycles. The van der Waals surface area contributed by atoms with Crippen molar-refractivity contribution in [2.75, 3.05) is 23.8 Å².